The third kappa shape index (κ3) is 3.08. The Labute approximate surface area is 119 Å². The maximum atomic E-state index is 13.6. The van der Waals surface area contributed by atoms with Crippen LogP contribution >= 0.6 is 15.9 Å². The Balaban J connectivity index is 2.40. The highest BCUT2D eigenvalue weighted by atomic mass is 79.9. The Hall–Kier alpha value is -2.09. The van der Waals surface area contributed by atoms with Crippen LogP contribution in [0.3, 0.4) is 0 Å². The van der Waals surface area contributed by atoms with Gasteiger partial charge >= 0.3 is 0 Å². The zero-order chi connectivity index (χ0) is 14.9. The number of hydrogen-bond donors (Lipinski definition) is 1. The minimum Gasteiger partial charge on any atom is -0.353 e. The molecule has 0 spiro atoms. The number of nitrogens with one attached hydrogen (secondary N) is 1. The van der Waals surface area contributed by atoms with E-state index in [-0.39, 0.29) is 15.8 Å². The molecule has 0 saturated heterocycles. The van der Waals surface area contributed by atoms with Gasteiger partial charge in [0.05, 0.1) is 21.1 Å². The van der Waals surface area contributed by atoms with Gasteiger partial charge < -0.3 is 5.32 Å². The molecule has 20 heavy (non-hydrogen) atoms. The third-order valence-corrected chi connectivity index (χ3v) is 2.99. The topological polar surface area (TPSA) is 55.2 Å². The van der Waals surface area contributed by atoms with Crippen LogP contribution in [-0.4, -0.2) is 4.92 Å². The van der Waals surface area contributed by atoms with E-state index in [9.17, 15) is 23.3 Å². The smallest absolute Gasteiger partial charge is 0.274 e. The number of anilines is 2. The monoisotopic (exact) mass is 346 g/mol. The van der Waals surface area contributed by atoms with E-state index in [4.69, 9.17) is 0 Å². The van der Waals surface area contributed by atoms with E-state index in [1.165, 1.54) is 0 Å². The molecule has 0 saturated carbocycles. The van der Waals surface area contributed by atoms with Crippen molar-refractivity contribution in [2.24, 2.45) is 0 Å². The van der Waals surface area contributed by atoms with Gasteiger partial charge in [0.1, 0.15) is 17.5 Å². The molecule has 0 aromatic heterocycles. The average molecular weight is 347 g/mol. The van der Waals surface area contributed by atoms with E-state index in [1.54, 1.807) is 0 Å². The SMILES string of the molecule is O=[N+]([O-])c1cc(F)cc(Nc2cc(F)c(Br)cc2F)c1. The molecule has 0 heterocycles. The average Bonchev–Trinajstić information content (AvgIpc) is 2.35. The molecule has 0 aliphatic carbocycles. The Kier molecular flexibility index (Phi) is 3.93. The van der Waals surface area contributed by atoms with E-state index in [0.29, 0.717) is 0 Å². The lowest BCUT2D eigenvalue weighted by Crippen LogP contribution is -1.98. The Morgan fingerprint density at radius 2 is 1.75 bits per heavy atom. The van der Waals surface area contributed by atoms with Gasteiger partial charge in [-0.15, -0.1) is 0 Å². The lowest BCUT2D eigenvalue weighted by Gasteiger charge is -2.08. The van der Waals surface area contributed by atoms with Crippen molar-refractivity contribution in [2.45, 2.75) is 0 Å². The van der Waals surface area contributed by atoms with Crippen molar-refractivity contribution < 1.29 is 18.1 Å². The van der Waals surface area contributed by atoms with Gasteiger partial charge in [-0.2, -0.15) is 0 Å². The summed E-state index contributed by atoms with van der Waals surface area (Å²) in [6.45, 7) is 0. The highest BCUT2D eigenvalue weighted by Gasteiger charge is 2.13. The zero-order valence-electron chi connectivity index (χ0n) is 9.66. The number of nitro benzene ring substituents is 1. The van der Waals surface area contributed by atoms with Crippen molar-refractivity contribution in [3.05, 3.63) is 62.4 Å². The minimum atomic E-state index is -0.861. The Morgan fingerprint density at radius 1 is 1.05 bits per heavy atom. The summed E-state index contributed by atoms with van der Waals surface area (Å²) in [5.74, 6) is -2.37. The van der Waals surface area contributed by atoms with Gasteiger partial charge in [-0.1, -0.05) is 0 Å². The second kappa shape index (κ2) is 5.49. The zero-order valence-corrected chi connectivity index (χ0v) is 11.2. The van der Waals surface area contributed by atoms with Gasteiger partial charge in [-0.05, 0) is 28.1 Å². The fourth-order valence-electron chi connectivity index (χ4n) is 1.53. The number of nitro groups is 1. The van der Waals surface area contributed by atoms with Crippen LogP contribution in [0.1, 0.15) is 0 Å². The van der Waals surface area contributed by atoms with Crippen LogP contribution in [0.25, 0.3) is 0 Å². The lowest BCUT2D eigenvalue weighted by molar-refractivity contribution is -0.385. The molecule has 1 N–H and O–H groups in total. The van der Waals surface area contributed by atoms with Gasteiger partial charge in [-0.3, -0.25) is 10.1 Å². The van der Waals surface area contributed by atoms with Crippen molar-refractivity contribution in [1.29, 1.82) is 0 Å². The normalized spacial score (nSPS) is 10.4. The summed E-state index contributed by atoms with van der Waals surface area (Å²) in [4.78, 5) is 9.81. The van der Waals surface area contributed by atoms with Crippen molar-refractivity contribution in [1.82, 2.24) is 0 Å². The van der Waals surface area contributed by atoms with Crippen LogP contribution in [0.4, 0.5) is 30.2 Å². The molecule has 0 aliphatic rings. The van der Waals surface area contributed by atoms with Gasteiger partial charge in [0, 0.05) is 17.8 Å². The molecular weight excluding hydrogens is 341 g/mol. The first-order valence-electron chi connectivity index (χ1n) is 5.23. The molecule has 4 nitrogen and oxygen atoms in total. The number of non-ortho nitro benzene ring substituents is 1. The first-order chi connectivity index (χ1) is 9.36. The van der Waals surface area contributed by atoms with Crippen molar-refractivity contribution in [3.8, 4) is 0 Å². The lowest BCUT2D eigenvalue weighted by atomic mass is 10.2. The van der Waals surface area contributed by atoms with Crippen LogP contribution in [0, 0.1) is 27.6 Å². The van der Waals surface area contributed by atoms with Crippen LogP contribution in [-0.2, 0) is 0 Å². The molecule has 8 heteroatoms. The summed E-state index contributed by atoms with van der Waals surface area (Å²) in [6, 6.07) is 4.43. The van der Waals surface area contributed by atoms with Gasteiger partial charge in [0.15, 0.2) is 0 Å². The summed E-state index contributed by atoms with van der Waals surface area (Å²) >= 11 is 2.82. The first-order valence-corrected chi connectivity index (χ1v) is 6.02. The third-order valence-electron chi connectivity index (χ3n) is 2.38. The molecule has 0 aliphatic heterocycles. The predicted molar refractivity (Wildman–Crippen MR) is 70.4 cm³/mol. The number of hydrogen-bond acceptors (Lipinski definition) is 3. The molecule has 2 aromatic carbocycles. The highest BCUT2D eigenvalue weighted by Crippen LogP contribution is 2.28. The maximum Gasteiger partial charge on any atom is 0.274 e. The molecule has 0 bridgehead atoms. The molecule has 0 amide bonds. The Morgan fingerprint density at radius 3 is 2.40 bits per heavy atom. The number of halogens is 4. The summed E-state index contributed by atoms with van der Waals surface area (Å²) in [7, 11) is 0. The quantitative estimate of drug-likeness (QED) is 0.505. The fourth-order valence-corrected chi connectivity index (χ4v) is 1.84. The van der Waals surface area contributed by atoms with Crippen LogP contribution in [0.2, 0.25) is 0 Å². The molecular formula is C12H6BrF3N2O2. The second-order valence-corrected chi connectivity index (χ2v) is 4.68. The molecule has 0 fully saturated rings. The molecule has 2 aromatic rings. The van der Waals surface area contributed by atoms with Crippen molar-refractivity contribution in [2.75, 3.05) is 5.32 Å². The largest absolute Gasteiger partial charge is 0.353 e. The van der Waals surface area contributed by atoms with Crippen LogP contribution in [0.5, 0.6) is 0 Å². The summed E-state index contributed by atoms with van der Waals surface area (Å²) in [6.07, 6.45) is 0. The molecule has 104 valence electrons. The van der Waals surface area contributed by atoms with E-state index < -0.39 is 28.1 Å². The van der Waals surface area contributed by atoms with E-state index in [2.05, 4.69) is 21.2 Å². The van der Waals surface area contributed by atoms with Crippen LogP contribution in [0.15, 0.2) is 34.8 Å². The van der Waals surface area contributed by atoms with Crippen LogP contribution < -0.4 is 5.32 Å². The first kappa shape index (κ1) is 14.3. The Bertz CT molecular complexity index is 695. The minimum absolute atomic E-state index is 0.0580. The maximum absolute atomic E-state index is 13.6. The van der Waals surface area contributed by atoms with Crippen molar-refractivity contribution >= 4 is 33.0 Å². The van der Waals surface area contributed by atoms with Gasteiger partial charge in [0.2, 0.25) is 0 Å². The summed E-state index contributed by atoms with van der Waals surface area (Å²) < 4.78 is 40.1. The fraction of sp³-hybridized carbons (Fsp3) is 0. The van der Waals surface area contributed by atoms with Crippen molar-refractivity contribution in [3.63, 3.8) is 0 Å². The molecule has 2 rings (SSSR count). The summed E-state index contributed by atoms with van der Waals surface area (Å²) in [5.41, 5.74) is -0.812. The molecule has 0 unspecified atom stereocenters. The molecule has 0 radical (unpaired) electrons. The second-order valence-electron chi connectivity index (χ2n) is 3.83. The number of rotatable bonds is 3. The molecule has 0 atom stereocenters. The van der Waals surface area contributed by atoms with Gasteiger partial charge in [-0.25, -0.2) is 13.2 Å². The van der Waals surface area contributed by atoms with Gasteiger partial charge in [0.25, 0.3) is 5.69 Å². The standard InChI is InChI=1S/C12H6BrF3N2O2/c13-9-4-11(16)12(5-10(9)15)17-7-1-6(14)2-8(3-7)18(19)20/h1-5,17H. The summed E-state index contributed by atoms with van der Waals surface area (Å²) in [5, 5.41) is 13.0. The highest BCUT2D eigenvalue weighted by molar-refractivity contribution is 9.10. The number of benzene rings is 2. The number of nitrogens with zero attached hydrogens (tertiary/aromatic N) is 1. The van der Waals surface area contributed by atoms with E-state index >= 15 is 0 Å². The van der Waals surface area contributed by atoms with E-state index in [1.807, 2.05) is 0 Å². The predicted octanol–water partition coefficient (Wildman–Crippen LogP) is 4.52. The van der Waals surface area contributed by atoms with E-state index in [0.717, 1.165) is 30.3 Å².